The molecule has 0 unspecified atom stereocenters. The van der Waals surface area contributed by atoms with E-state index in [4.69, 9.17) is 0 Å². The number of amides is 1. The van der Waals surface area contributed by atoms with E-state index in [1.807, 2.05) is 42.5 Å². The molecule has 110 valence electrons. The number of halogens is 1. The van der Waals surface area contributed by atoms with E-state index in [0.717, 1.165) is 10.0 Å². The number of anilines is 1. The van der Waals surface area contributed by atoms with Crippen LogP contribution in [0.15, 0.2) is 71.3 Å². The quantitative estimate of drug-likeness (QED) is 0.770. The summed E-state index contributed by atoms with van der Waals surface area (Å²) in [6, 6.07) is 19.0. The predicted molar refractivity (Wildman–Crippen MR) is 89.9 cm³/mol. The lowest BCUT2D eigenvalue weighted by molar-refractivity contribution is 0.102. The number of carbonyl (C=O) groups excluding carboxylic acids is 1. The average Bonchev–Trinajstić information content (AvgIpc) is 2.96. The van der Waals surface area contributed by atoms with Crippen LogP contribution in [0.2, 0.25) is 0 Å². The van der Waals surface area contributed by atoms with Crippen molar-refractivity contribution in [2.24, 2.45) is 0 Å². The molecule has 1 amide bonds. The van der Waals surface area contributed by atoms with E-state index < -0.39 is 0 Å². The minimum absolute atomic E-state index is 0.151. The van der Waals surface area contributed by atoms with Crippen molar-refractivity contribution in [3.63, 3.8) is 0 Å². The molecular weight excluding hydrogens is 342 g/mol. The minimum atomic E-state index is -0.151. The molecule has 0 spiro atoms. The second-order valence-corrected chi connectivity index (χ2v) is 5.74. The van der Waals surface area contributed by atoms with E-state index in [9.17, 15) is 4.79 Å². The Kier molecular flexibility index (Phi) is 4.34. The average molecular weight is 356 g/mol. The fraction of sp³-hybridized carbons (Fsp3) is 0.0588. The Bertz CT molecular complexity index is 766. The van der Waals surface area contributed by atoms with Crippen LogP contribution >= 0.6 is 15.9 Å². The number of rotatable bonds is 4. The van der Waals surface area contributed by atoms with Gasteiger partial charge in [0.15, 0.2) is 0 Å². The van der Waals surface area contributed by atoms with Crippen LogP contribution in [-0.2, 0) is 6.54 Å². The van der Waals surface area contributed by atoms with Crippen molar-refractivity contribution >= 4 is 27.7 Å². The molecule has 0 aliphatic carbocycles. The Labute approximate surface area is 136 Å². The maximum Gasteiger partial charge on any atom is 0.256 e. The lowest BCUT2D eigenvalue weighted by atomic mass is 10.2. The molecule has 0 bridgehead atoms. The van der Waals surface area contributed by atoms with Gasteiger partial charge in [-0.1, -0.05) is 46.3 Å². The third-order valence-electron chi connectivity index (χ3n) is 3.24. The van der Waals surface area contributed by atoms with E-state index in [1.54, 1.807) is 29.1 Å². The van der Waals surface area contributed by atoms with Crippen molar-refractivity contribution in [3.05, 3.63) is 82.5 Å². The standard InChI is InChI=1S/C17H14BrN3O/c18-15-8-6-14(7-9-15)17(22)20-16-10-11-19-21(16)12-13-4-2-1-3-5-13/h1-11H,12H2,(H,20,22). The largest absolute Gasteiger partial charge is 0.307 e. The zero-order chi connectivity index (χ0) is 15.4. The third kappa shape index (κ3) is 3.43. The highest BCUT2D eigenvalue weighted by Crippen LogP contribution is 2.14. The molecule has 5 heteroatoms. The van der Waals surface area contributed by atoms with Crippen LogP contribution in [0.4, 0.5) is 5.82 Å². The molecule has 0 aliphatic rings. The second kappa shape index (κ2) is 6.58. The van der Waals surface area contributed by atoms with Crippen molar-refractivity contribution in [3.8, 4) is 0 Å². The monoisotopic (exact) mass is 355 g/mol. The minimum Gasteiger partial charge on any atom is -0.307 e. The first-order valence-electron chi connectivity index (χ1n) is 6.85. The fourth-order valence-electron chi connectivity index (χ4n) is 2.11. The number of nitrogens with one attached hydrogen (secondary N) is 1. The number of carbonyl (C=O) groups is 1. The predicted octanol–water partition coefficient (Wildman–Crippen LogP) is 3.95. The number of nitrogens with zero attached hydrogens (tertiary/aromatic N) is 2. The van der Waals surface area contributed by atoms with E-state index >= 15 is 0 Å². The number of hydrogen-bond acceptors (Lipinski definition) is 2. The molecular formula is C17H14BrN3O. The van der Waals surface area contributed by atoms with Crippen LogP contribution in [0.5, 0.6) is 0 Å². The zero-order valence-corrected chi connectivity index (χ0v) is 13.3. The normalized spacial score (nSPS) is 10.4. The van der Waals surface area contributed by atoms with Crippen LogP contribution in [0.3, 0.4) is 0 Å². The number of benzene rings is 2. The summed E-state index contributed by atoms with van der Waals surface area (Å²) in [5.41, 5.74) is 1.74. The Balaban J connectivity index is 1.75. The van der Waals surface area contributed by atoms with Gasteiger partial charge in [-0.2, -0.15) is 5.10 Å². The highest BCUT2D eigenvalue weighted by atomic mass is 79.9. The molecule has 2 aromatic carbocycles. The summed E-state index contributed by atoms with van der Waals surface area (Å²) in [6.07, 6.45) is 1.68. The van der Waals surface area contributed by atoms with Gasteiger partial charge >= 0.3 is 0 Å². The number of aromatic nitrogens is 2. The second-order valence-electron chi connectivity index (χ2n) is 4.82. The van der Waals surface area contributed by atoms with Gasteiger partial charge in [-0.05, 0) is 29.8 Å². The molecule has 22 heavy (non-hydrogen) atoms. The first-order valence-corrected chi connectivity index (χ1v) is 7.64. The van der Waals surface area contributed by atoms with Gasteiger partial charge in [0, 0.05) is 16.1 Å². The molecule has 0 fully saturated rings. The van der Waals surface area contributed by atoms with Crippen LogP contribution in [0.1, 0.15) is 15.9 Å². The Morgan fingerprint density at radius 2 is 1.77 bits per heavy atom. The van der Waals surface area contributed by atoms with E-state index in [2.05, 4.69) is 26.3 Å². The summed E-state index contributed by atoms with van der Waals surface area (Å²) in [5, 5.41) is 7.16. The molecule has 0 radical (unpaired) electrons. The van der Waals surface area contributed by atoms with Crippen molar-refractivity contribution in [2.75, 3.05) is 5.32 Å². The zero-order valence-electron chi connectivity index (χ0n) is 11.7. The van der Waals surface area contributed by atoms with Crippen molar-refractivity contribution < 1.29 is 4.79 Å². The SMILES string of the molecule is O=C(Nc1ccnn1Cc1ccccc1)c1ccc(Br)cc1. The summed E-state index contributed by atoms with van der Waals surface area (Å²) >= 11 is 3.36. The van der Waals surface area contributed by atoms with E-state index in [1.165, 1.54) is 0 Å². The van der Waals surface area contributed by atoms with E-state index in [0.29, 0.717) is 17.9 Å². The summed E-state index contributed by atoms with van der Waals surface area (Å²) in [5.74, 6) is 0.527. The van der Waals surface area contributed by atoms with Crippen LogP contribution < -0.4 is 5.32 Å². The molecule has 0 saturated carbocycles. The smallest absolute Gasteiger partial charge is 0.256 e. The Morgan fingerprint density at radius 3 is 2.50 bits per heavy atom. The van der Waals surface area contributed by atoms with Gasteiger partial charge in [-0.3, -0.25) is 4.79 Å². The lowest BCUT2D eigenvalue weighted by Gasteiger charge is -2.09. The van der Waals surface area contributed by atoms with Crippen LogP contribution in [0.25, 0.3) is 0 Å². The molecule has 3 rings (SSSR count). The Hall–Kier alpha value is -2.40. The molecule has 0 aliphatic heterocycles. The van der Waals surface area contributed by atoms with Crippen molar-refractivity contribution in [2.45, 2.75) is 6.54 Å². The topological polar surface area (TPSA) is 46.9 Å². The van der Waals surface area contributed by atoms with E-state index in [-0.39, 0.29) is 5.91 Å². The Morgan fingerprint density at radius 1 is 1.05 bits per heavy atom. The van der Waals surface area contributed by atoms with Gasteiger partial charge in [0.05, 0.1) is 12.7 Å². The van der Waals surface area contributed by atoms with Crippen molar-refractivity contribution in [1.29, 1.82) is 0 Å². The first kappa shape index (κ1) is 14.5. The third-order valence-corrected chi connectivity index (χ3v) is 3.77. The molecule has 1 aromatic heterocycles. The summed E-state index contributed by atoms with van der Waals surface area (Å²) in [7, 11) is 0. The number of hydrogen-bond donors (Lipinski definition) is 1. The van der Waals surface area contributed by atoms with Gasteiger partial charge in [0.25, 0.3) is 5.91 Å². The highest BCUT2D eigenvalue weighted by Gasteiger charge is 2.09. The van der Waals surface area contributed by atoms with Crippen LogP contribution in [0, 0.1) is 0 Å². The lowest BCUT2D eigenvalue weighted by Crippen LogP contribution is -2.16. The van der Waals surface area contributed by atoms with Gasteiger partial charge in [0.1, 0.15) is 5.82 Å². The maximum atomic E-state index is 12.3. The molecule has 4 nitrogen and oxygen atoms in total. The fourth-order valence-corrected chi connectivity index (χ4v) is 2.38. The molecule has 3 aromatic rings. The molecule has 0 saturated heterocycles. The summed E-state index contributed by atoms with van der Waals surface area (Å²) < 4.78 is 2.71. The highest BCUT2D eigenvalue weighted by molar-refractivity contribution is 9.10. The van der Waals surface area contributed by atoms with Crippen LogP contribution in [-0.4, -0.2) is 15.7 Å². The summed E-state index contributed by atoms with van der Waals surface area (Å²) in [6.45, 7) is 0.615. The molecule has 1 N–H and O–H groups in total. The summed E-state index contributed by atoms with van der Waals surface area (Å²) in [4.78, 5) is 12.3. The molecule has 1 heterocycles. The van der Waals surface area contributed by atoms with Crippen molar-refractivity contribution in [1.82, 2.24) is 9.78 Å². The maximum absolute atomic E-state index is 12.3. The van der Waals surface area contributed by atoms with Gasteiger partial charge < -0.3 is 5.32 Å². The van der Waals surface area contributed by atoms with Gasteiger partial charge in [0.2, 0.25) is 0 Å². The molecule has 0 atom stereocenters. The van der Waals surface area contributed by atoms with Gasteiger partial charge in [-0.25, -0.2) is 4.68 Å². The van der Waals surface area contributed by atoms with Gasteiger partial charge in [-0.15, -0.1) is 0 Å². The first-order chi connectivity index (χ1) is 10.7.